The van der Waals surface area contributed by atoms with E-state index in [9.17, 15) is 14.9 Å². The predicted molar refractivity (Wildman–Crippen MR) is 140 cm³/mol. The van der Waals surface area contributed by atoms with Crippen LogP contribution in [0.3, 0.4) is 0 Å². The maximum atomic E-state index is 12.7. The Morgan fingerprint density at radius 2 is 1.83 bits per heavy atom. The highest BCUT2D eigenvalue weighted by atomic mass is 35.5. The third kappa shape index (κ3) is 5.19. The lowest BCUT2D eigenvalue weighted by Gasteiger charge is -2.29. The number of rotatable bonds is 6. The van der Waals surface area contributed by atoms with Crippen LogP contribution in [0.5, 0.6) is 0 Å². The van der Waals surface area contributed by atoms with Gasteiger partial charge in [-0.1, -0.05) is 71.9 Å². The van der Waals surface area contributed by atoms with Gasteiger partial charge in [0.05, 0.1) is 41.0 Å². The van der Waals surface area contributed by atoms with Crippen molar-refractivity contribution in [2.24, 2.45) is 0 Å². The van der Waals surface area contributed by atoms with Gasteiger partial charge in [-0.05, 0) is 41.5 Å². The molecule has 3 aromatic carbocycles. The summed E-state index contributed by atoms with van der Waals surface area (Å²) >= 11 is 7.64. The van der Waals surface area contributed by atoms with Gasteiger partial charge in [-0.25, -0.2) is 4.79 Å². The lowest BCUT2D eigenvalue weighted by Crippen LogP contribution is -2.29. The molecule has 176 valence electrons. The normalized spacial score (nSPS) is 15.4. The zero-order chi connectivity index (χ0) is 24.9. The van der Waals surface area contributed by atoms with Crippen LogP contribution in [-0.2, 0) is 14.3 Å². The van der Waals surface area contributed by atoms with Crippen LogP contribution in [0, 0.1) is 11.3 Å². The SMILES string of the molecule is COC(=O)C1=C(C)NC(SCC(=O)Nc2ccc3ccccc3c2)=C(C#N)C1c1ccccc1Cl. The van der Waals surface area contributed by atoms with Gasteiger partial charge in [0.25, 0.3) is 0 Å². The van der Waals surface area contributed by atoms with Crippen LogP contribution in [-0.4, -0.2) is 24.7 Å². The van der Waals surface area contributed by atoms with Crippen molar-refractivity contribution in [3.63, 3.8) is 0 Å². The zero-order valence-corrected chi connectivity index (χ0v) is 20.7. The second kappa shape index (κ2) is 10.7. The number of methoxy groups -OCH3 is 1. The number of benzene rings is 3. The number of carbonyl (C=O) groups is 2. The van der Waals surface area contributed by atoms with Gasteiger partial charge in [0, 0.05) is 16.4 Å². The largest absolute Gasteiger partial charge is 0.466 e. The Morgan fingerprint density at radius 3 is 2.54 bits per heavy atom. The van der Waals surface area contributed by atoms with E-state index in [0.717, 1.165) is 10.8 Å². The van der Waals surface area contributed by atoms with Gasteiger partial charge in [0.15, 0.2) is 0 Å². The number of halogens is 1. The van der Waals surface area contributed by atoms with Crippen molar-refractivity contribution in [1.82, 2.24) is 5.32 Å². The van der Waals surface area contributed by atoms with Gasteiger partial charge < -0.3 is 15.4 Å². The lowest BCUT2D eigenvalue weighted by molar-refractivity contribution is -0.136. The van der Waals surface area contributed by atoms with Gasteiger partial charge in [0.2, 0.25) is 5.91 Å². The number of esters is 1. The van der Waals surface area contributed by atoms with Crippen molar-refractivity contribution >= 4 is 51.7 Å². The number of hydrogen-bond donors (Lipinski definition) is 2. The number of amides is 1. The molecule has 0 saturated heterocycles. The lowest BCUT2D eigenvalue weighted by atomic mass is 9.82. The molecular weight excluding hydrogens is 482 g/mol. The van der Waals surface area contributed by atoms with Crippen LogP contribution in [0.1, 0.15) is 18.4 Å². The molecule has 35 heavy (non-hydrogen) atoms. The number of carbonyl (C=O) groups excluding carboxylic acids is 2. The molecule has 0 radical (unpaired) electrons. The molecule has 3 aromatic rings. The molecular formula is C27H22ClN3O3S. The molecule has 1 atom stereocenters. The van der Waals surface area contributed by atoms with Crippen molar-refractivity contribution in [1.29, 1.82) is 5.26 Å². The van der Waals surface area contributed by atoms with E-state index in [2.05, 4.69) is 16.7 Å². The minimum atomic E-state index is -0.714. The molecule has 1 aliphatic rings. The van der Waals surface area contributed by atoms with Gasteiger partial charge in [-0.15, -0.1) is 0 Å². The Morgan fingerprint density at radius 1 is 1.11 bits per heavy atom. The Kier molecular flexibility index (Phi) is 7.45. The van der Waals surface area contributed by atoms with E-state index in [1.807, 2.05) is 42.5 Å². The van der Waals surface area contributed by atoms with Gasteiger partial charge in [0.1, 0.15) is 0 Å². The van der Waals surface area contributed by atoms with Crippen molar-refractivity contribution < 1.29 is 14.3 Å². The molecule has 0 spiro atoms. The molecule has 0 aliphatic carbocycles. The summed E-state index contributed by atoms with van der Waals surface area (Å²) in [4.78, 5) is 25.4. The Balaban J connectivity index is 1.59. The number of ether oxygens (including phenoxy) is 1. The molecule has 1 amide bonds. The van der Waals surface area contributed by atoms with E-state index < -0.39 is 11.9 Å². The van der Waals surface area contributed by atoms with Crippen LogP contribution in [0.25, 0.3) is 10.8 Å². The number of allylic oxidation sites excluding steroid dienone is 2. The van der Waals surface area contributed by atoms with Crippen LogP contribution < -0.4 is 10.6 Å². The molecule has 4 rings (SSSR count). The first kappa shape index (κ1) is 24.4. The van der Waals surface area contributed by atoms with Crippen molar-refractivity contribution in [3.05, 3.63) is 99.2 Å². The highest BCUT2D eigenvalue weighted by molar-refractivity contribution is 8.03. The highest BCUT2D eigenvalue weighted by Gasteiger charge is 2.36. The summed E-state index contributed by atoms with van der Waals surface area (Å²) in [5.41, 5.74) is 2.46. The Labute approximate surface area is 212 Å². The molecule has 0 fully saturated rings. The molecule has 6 nitrogen and oxygen atoms in total. The number of fused-ring (bicyclic) bond motifs is 1. The second-order valence-corrected chi connectivity index (χ2v) is 9.26. The van der Waals surface area contributed by atoms with Crippen molar-refractivity contribution in [3.8, 4) is 6.07 Å². The first-order valence-corrected chi connectivity index (χ1v) is 12.2. The quantitative estimate of drug-likeness (QED) is 0.417. The van der Waals surface area contributed by atoms with Gasteiger partial charge >= 0.3 is 5.97 Å². The van der Waals surface area contributed by atoms with Crippen LogP contribution in [0.15, 0.2) is 88.6 Å². The summed E-state index contributed by atoms with van der Waals surface area (Å²) < 4.78 is 4.99. The summed E-state index contributed by atoms with van der Waals surface area (Å²) in [6, 6.07) is 22.9. The summed E-state index contributed by atoms with van der Waals surface area (Å²) in [6.45, 7) is 1.74. The maximum absolute atomic E-state index is 12.7. The fraction of sp³-hybridized carbons (Fsp3) is 0.148. The summed E-state index contributed by atoms with van der Waals surface area (Å²) in [7, 11) is 1.30. The molecule has 0 aromatic heterocycles. The number of thioether (sulfide) groups is 1. The fourth-order valence-corrected chi connectivity index (χ4v) is 5.17. The number of nitriles is 1. The first-order valence-electron chi connectivity index (χ1n) is 10.8. The first-order chi connectivity index (χ1) is 16.9. The van der Waals surface area contributed by atoms with E-state index in [0.29, 0.717) is 38.1 Å². The minimum Gasteiger partial charge on any atom is -0.466 e. The molecule has 2 N–H and O–H groups in total. The van der Waals surface area contributed by atoms with E-state index in [1.165, 1.54) is 18.9 Å². The summed E-state index contributed by atoms with van der Waals surface area (Å²) in [5, 5.41) is 19.1. The second-order valence-electron chi connectivity index (χ2n) is 7.86. The van der Waals surface area contributed by atoms with Crippen molar-refractivity contribution in [2.75, 3.05) is 18.2 Å². The van der Waals surface area contributed by atoms with Gasteiger partial charge in [-0.2, -0.15) is 5.26 Å². The van der Waals surface area contributed by atoms with E-state index in [-0.39, 0.29) is 11.7 Å². The summed E-state index contributed by atoms with van der Waals surface area (Å²) in [5.74, 6) is -1.41. The van der Waals surface area contributed by atoms with E-state index in [1.54, 1.807) is 31.2 Å². The number of nitrogens with one attached hydrogen (secondary N) is 2. The number of dihydropyridines is 1. The highest BCUT2D eigenvalue weighted by Crippen LogP contribution is 2.43. The monoisotopic (exact) mass is 503 g/mol. The molecule has 1 aliphatic heterocycles. The third-order valence-corrected chi connectivity index (χ3v) is 7.01. The van der Waals surface area contributed by atoms with Crippen molar-refractivity contribution in [2.45, 2.75) is 12.8 Å². The maximum Gasteiger partial charge on any atom is 0.336 e. The molecule has 0 bridgehead atoms. The molecule has 1 unspecified atom stereocenters. The Bertz CT molecular complexity index is 1420. The van der Waals surface area contributed by atoms with Crippen LogP contribution in [0.4, 0.5) is 5.69 Å². The summed E-state index contributed by atoms with van der Waals surface area (Å²) in [6.07, 6.45) is 0. The van der Waals surface area contributed by atoms with Crippen LogP contribution >= 0.6 is 23.4 Å². The number of hydrogen-bond acceptors (Lipinski definition) is 6. The smallest absolute Gasteiger partial charge is 0.336 e. The van der Waals surface area contributed by atoms with Gasteiger partial charge in [-0.3, -0.25) is 4.79 Å². The van der Waals surface area contributed by atoms with E-state index >= 15 is 0 Å². The molecule has 8 heteroatoms. The zero-order valence-electron chi connectivity index (χ0n) is 19.1. The topological polar surface area (TPSA) is 91.2 Å². The Hall–Kier alpha value is -3.73. The standard InChI is InChI=1S/C27H22ClN3O3S/c1-16-24(27(33)34-2)25(20-9-5-6-10-22(20)28)21(14-29)26(30-16)35-15-23(32)31-19-12-11-17-7-3-4-8-18(17)13-19/h3-13,25,30H,15H2,1-2H3,(H,31,32). The average Bonchev–Trinajstić information content (AvgIpc) is 2.87. The number of anilines is 1. The number of nitrogens with zero attached hydrogens (tertiary/aromatic N) is 1. The van der Waals surface area contributed by atoms with E-state index in [4.69, 9.17) is 16.3 Å². The minimum absolute atomic E-state index is 0.0659. The predicted octanol–water partition coefficient (Wildman–Crippen LogP) is 5.73. The molecule has 1 heterocycles. The van der Waals surface area contributed by atoms with Crippen LogP contribution in [0.2, 0.25) is 5.02 Å². The average molecular weight is 504 g/mol. The fourth-order valence-electron chi connectivity index (χ4n) is 4.03. The molecule has 0 saturated carbocycles. The third-order valence-electron chi connectivity index (χ3n) is 5.65.